The van der Waals surface area contributed by atoms with Crippen molar-refractivity contribution in [2.45, 2.75) is 93.5 Å². The normalized spacial score (nSPS) is 10.8. The number of aromatic nitrogens is 1. The molecule has 0 fully saturated rings. The molecule has 284 valence electrons. The third-order valence-electron chi connectivity index (χ3n) is 8.00. The van der Waals surface area contributed by atoms with Crippen LogP contribution >= 0.6 is 12.1 Å². The summed E-state index contributed by atoms with van der Waals surface area (Å²) in [6.45, 7) is 34.2. The largest absolute Gasteiger partial charge is 0.492 e. The number of aryl methyl sites for hydroxylation is 1. The van der Waals surface area contributed by atoms with Crippen molar-refractivity contribution in [1.29, 1.82) is 0 Å². The van der Waals surface area contributed by atoms with Crippen molar-refractivity contribution in [2.24, 2.45) is 12.8 Å². The maximum Gasteiger partial charge on any atom is 0.166 e. The molecule has 3 aromatic rings. The molecule has 0 aliphatic heterocycles. The Labute approximate surface area is 311 Å². The molecule has 8 nitrogen and oxygen atoms in total. The molecular formula is C41H73N7OS. The van der Waals surface area contributed by atoms with E-state index in [0.29, 0.717) is 0 Å². The molecule has 5 N–H and O–H groups in total. The number of rotatable bonds is 18. The highest BCUT2D eigenvalue weighted by atomic mass is 32.2. The van der Waals surface area contributed by atoms with E-state index in [1.165, 1.54) is 54.2 Å². The van der Waals surface area contributed by atoms with Gasteiger partial charge < -0.3 is 25.1 Å². The summed E-state index contributed by atoms with van der Waals surface area (Å²) in [5.41, 5.74) is 12.0. The van der Waals surface area contributed by atoms with E-state index in [1.54, 1.807) is 7.11 Å². The molecule has 1 heterocycles. The van der Waals surface area contributed by atoms with Crippen LogP contribution in [0.25, 0.3) is 16.6 Å². The Kier molecular flexibility index (Phi) is 24.4. The molecule has 0 aliphatic carbocycles. The van der Waals surface area contributed by atoms with Crippen LogP contribution in [0.1, 0.15) is 98.4 Å². The van der Waals surface area contributed by atoms with Crippen LogP contribution in [0.5, 0.6) is 5.75 Å². The minimum atomic E-state index is -0.0256. The lowest BCUT2D eigenvalue weighted by Gasteiger charge is -2.24. The fourth-order valence-corrected chi connectivity index (χ4v) is 6.09. The van der Waals surface area contributed by atoms with Gasteiger partial charge in [-0.05, 0) is 94.3 Å². The Morgan fingerprint density at radius 1 is 0.960 bits per heavy atom. The van der Waals surface area contributed by atoms with E-state index in [0.717, 1.165) is 74.1 Å². The van der Waals surface area contributed by atoms with Crippen molar-refractivity contribution >= 4 is 40.1 Å². The summed E-state index contributed by atoms with van der Waals surface area (Å²) in [4.78, 5) is 4.92. The van der Waals surface area contributed by atoms with Gasteiger partial charge in [-0.15, -0.1) is 6.58 Å². The molecule has 0 unspecified atom stereocenters. The van der Waals surface area contributed by atoms with Crippen molar-refractivity contribution in [1.82, 2.24) is 19.1 Å². The van der Waals surface area contributed by atoms with Gasteiger partial charge in [0, 0.05) is 37.7 Å². The van der Waals surface area contributed by atoms with E-state index in [4.69, 9.17) is 4.74 Å². The predicted molar refractivity (Wildman–Crippen MR) is 227 cm³/mol. The second-order valence-electron chi connectivity index (χ2n) is 12.8. The summed E-state index contributed by atoms with van der Waals surface area (Å²) in [7, 11) is 7.23. The molecule has 0 saturated carbocycles. The summed E-state index contributed by atoms with van der Waals surface area (Å²) in [6, 6.07) is 13.2. The number of likely N-dealkylation sites (N-methyl/N-ethyl adjacent to an activating group) is 1. The summed E-state index contributed by atoms with van der Waals surface area (Å²) in [5.74, 6) is 0.756. The molecule has 2 aromatic carbocycles. The highest BCUT2D eigenvalue weighted by Gasteiger charge is 2.21. The molecule has 9 heteroatoms. The van der Waals surface area contributed by atoms with E-state index in [2.05, 4.69) is 140 Å². The van der Waals surface area contributed by atoms with E-state index in [-0.39, 0.29) is 5.41 Å². The molecule has 0 atom stereocenters. The number of hydrogen-bond donors (Lipinski definition) is 4. The van der Waals surface area contributed by atoms with Crippen LogP contribution in [0.15, 0.2) is 55.6 Å². The lowest BCUT2D eigenvalue weighted by Crippen LogP contribution is -2.25. The van der Waals surface area contributed by atoms with Gasteiger partial charge in [-0.2, -0.15) is 0 Å². The van der Waals surface area contributed by atoms with Crippen LogP contribution in [0.4, 0.5) is 11.4 Å². The summed E-state index contributed by atoms with van der Waals surface area (Å²) < 4.78 is 14.6. The number of ether oxygens (including phenoxy) is 1. The number of methoxy groups -OCH3 is 1. The summed E-state index contributed by atoms with van der Waals surface area (Å²) in [5, 5.41) is 4.82. The first-order chi connectivity index (χ1) is 24.0. The standard InChI is InChI=1S/C30H45N5OS.C8H17N.C2H6.CH5N/c1-10-15-35(16-11-2)20-23-14-12-13-22-17-27(34(8)28(22)23)21(3)32-25-18-24(30(4,5)6)19-26(29(25)36-9)33-37-31-7;1-4-7-9(6-3)8-5-2;2*1-2/h12-14,17-19,31-33H,3,10-11,15-16,20H2,1-2,4-9H3;4H,1,5-8H2,2-3H3;1-2H3;2H2,1H3. The number of para-hydroxylation sites is 1. The number of nitrogens with one attached hydrogen (secondary N) is 3. The minimum absolute atomic E-state index is 0.0256. The highest BCUT2D eigenvalue weighted by molar-refractivity contribution is 7.98. The van der Waals surface area contributed by atoms with E-state index in [1.807, 2.05) is 27.0 Å². The van der Waals surface area contributed by atoms with Gasteiger partial charge in [0.15, 0.2) is 5.75 Å². The zero-order valence-corrected chi connectivity index (χ0v) is 34.9. The van der Waals surface area contributed by atoms with Gasteiger partial charge >= 0.3 is 0 Å². The van der Waals surface area contributed by atoms with Gasteiger partial charge in [0.1, 0.15) is 0 Å². The average Bonchev–Trinajstić information content (AvgIpc) is 3.46. The molecule has 0 spiro atoms. The highest BCUT2D eigenvalue weighted by Crippen LogP contribution is 2.41. The number of fused-ring (bicyclic) bond motifs is 1. The zero-order chi connectivity index (χ0) is 38.3. The predicted octanol–water partition coefficient (Wildman–Crippen LogP) is 9.89. The van der Waals surface area contributed by atoms with Crippen LogP contribution in [-0.4, -0.2) is 68.3 Å². The lowest BCUT2D eigenvalue weighted by atomic mass is 9.86. The number of anilines is 2. The maximum absolute atomic E-state index is 5.86. The van der Waals surface area contributed by atoms with Crippen LogP contribution in [0.3, 0.4) is 0 Å². The maximum atomic E-state index is 5.86. The van der Waals surface area contributed by atoms with Crippen LogP contribution in [0.2, 0.25) is 0 Å². The smallest absolute Gasteiger partial charge is 0.166 e. The van der Waals surface area contributed by atoms with Crippen molar-refractivity contribution in [3.05, 3.63) is 72.5 Å². The Morgan fingerprint density at radius 2 is 1.54 bits per heavy atom. The van der Waals surface area contributed by atoms with Crippen LogP contribution in [-0.2, 0) is 19.0 Å². The van der Waals surface area contributed by atoms with Crippen LogP contribution < -0.4 is 25.2 Å². The SMILES string of the molecule is C=C(Nc1cc(C(C)(C)C)cc(NSNC)c1OC)c1cc2cccc(CN(CCC)CCC)c2n1C.C=CCN(CC)CCC.CC.CN. The third-order valence-corrected chi connectivity index (χ3v) is 8.53. The van der Waals surface area contributed by atoms with Crippen LogP contribution in [0, 0.1) is 0 Å². The molecule has 1 aromatic heterocycles. The van der Waals surface area contributed by atoms with Gasteiger partial charge in [-0.3, -0.25) is 9.80 Å². The molecule has 3 rings (SSSR count). The van der Waals surface area contributed by atoms with E-state index in [9.17, 15) is 0 Å². The molecule has 0 amide bonds. The monoisotopic (exact) mass is 712 g/mol. The molecule has 50 heavy (non-hydrogen) atoms. The molecular weight excluding hydrogens is 639 g/mol. The first-order valence-electron chi connectivity index (χ1n) is 18.5. The molecule has 0 radical (unpaired) electrons. The quantitative estimate of drug-likeness (QED) is 0.0767. The fourth-order valence-electron chi connectivity index (χ4n) is 5.72. The Bertz CT molecular complexity index is 1370. The first kappa shape index (κ1) is 47.0. The Balaban J connectivity index is 0.00000159. The van der Waals surface area contributed by atoms with E-state index >= 15 is 0 Å². The van der Waals surface area contributed by atoms with Gasteiger partial charge in [0.25, 0.3) is 0 Å². The fraction of sp³-hybridized carbons (Fsp3) is 0.561. The average molecular weight is 712 g/mol. The zero-order valence-electron chi connectivity index (χ0n) is 34.1. The number of hydrogen-bond acceptors (Lipinski definition) is 8. The van der Waals surface area contributed by atoms with Gasteiger partial charge in [0.05, 0.1) is 35.4 Å². The van der Waals surface area contributed by atoms with Gasteiger partial charge in [0.2, 0.25) is 0 Å². The van der Waals surface area contributed by atoms with Crippen molar-refractivity contribution in [3.8, 4) is 5.75 Å². The molecule has 0 aliphatic rings. The summed E-state index contributed by atoms with van der Waals surface area (Å²) in [6.07, 6.45) is 5.52. The second kappa shape index (κ2) is 25.9. The van der Waals surface area contributed by atoms with Gasteiger partial charge in [-0.1, -0.05) is 93.2 Å². The Hall–Kier alpha value is -2.95. The van der Waals surface area contributed by atoms with Crippen molar-refractivity contribution in [2.75, 3.05) is 64.0 Å². The number of benzene rings is 2. The first-order valence-corrected chi connectivity index (χ1v) is 19.3. The molecule has 0 saturated heterocycles. The summed E-state index contributed by atoms with van der Waals surface area (Å²) >= 11 is 1.41. The second-order valence-corrected chi connectivity index (χ2v) is 13.6. The van der Waals surface area contributed by atoms with E-state index < -0.39 is 0 Å². The number of nitrogens with zero attached hydrogens (tertiary/aromatic N) is 3. The lowest BCUT2D eigenvalue weighted by molar-refractivity contribution is 0.267. The minimum Gasteiger partial charge on any atom is -0.492 e. The third kappa shape index (κ3) is 14.7. The topological polar surface area (TPSA) is 82.8 Å². The van der Waals surface area contributed by atoms with Gasteiger partial charge in [-0.25, -0.2) is 4.72 Å². The van der Waals surface area contributed by atoms with Crippen molar-refractivity contribution < 1.29 is 4.74 Å². The van der Waals surface area contributed by atoms with Crippen molar-refractivity contribution in [3.63, 3.8) is 0 Å². The number of nitrogens with two attached hydrogens (primary N) is 1. The molecule has 0 bridgehead atoms. The Morgan fingerprint density at radius 3 is 2.04 bits per heavy atom.